The molecule has 3 heteroatoms. The van der Waals surface area contributed by atoms with Crippen molar-refractivity contribution >= 4 is 16.7 Å². The predicted molar refractivity (Wildman–Crippen MR) is 71.1 cm³/mol. The van der Waals surface area contributed by atoms with Gasteiger partial charge in [-0.2, -0.15) is 0 Å². The molecule has 1 aromatic heterocycles. The van der Waals surface area contributed by atoms with Crippen LogP contribution in [0.25, 0.3) is 10.8 Å². The van der Waals surface area contributed by atoms with Gasteiger partial charge in [-0.1, -0.05) is 38.1 Å². The summed E-state index contributed by atoms with van der Waals surface area (Å²) in [6.07, 6.45) is 1.54. The third kappa shape index (κ3) is 2.67. The Bertz CT molecular complexity index is 563. The Hall–Kier alpha value is -1.90. The summed E-state index contributed by atoms with van der Waals surface area (Å²) >= 11 is 0. The number of hydrogen-bond acceptors (Lipinski definition) is 3. The lowest BCUT2D eigenvalue weighted by molar-refractivity contribution is -0.149. The molecule has 0 aliphatic carbocycles. The molecule has 1 aromatic carbocycles. The Morgan fingerprint density at radius 2 is 1.89 bits per heavy atom. The summed E-state index contributed by atoms with van der Waals surface area (Å²) in [5.74, 6) is -0.0776. The van der Waals surface area contributed by atoms with Crippen molar-refractivity contribution in [2.75, 3.05) is 0 Å². The summed E-state index contributed by atoms with van der Waals surface area (Å²) in [7, 11) is 0. The molecular weight excluding hydrogens is 226 g/mol. The maximum atomic E-state index is 11.1. The highest BCUT2D eigenvalue weighted by atomic mass is 16.5. The van der Waals surface area contributed by atoms with Crippen LogP contribution in [0.5, 0.6) is 0 Å². The molecule has 1 atom stereocenters. The maximum absolute atomic E-state index is 11.1. The minimum atomic E-state index is -0.285. The van der Waals surface area contributed by atoms with Gasteiger partial charge in [-0.25, -0.2) is 0 Å². The molecule has 0 aliphatic rings. The van der Waals surface area contributed by atoms with Gasteiger partial charge in [-0.05, 0) is 17.4 Å². The summed E-state index contributed by atoms with van der Waals surface area (Å²) in [6, 6.07) is 10.0. The zero-order chi connectivity index (χ0) is 13.1. The second-order valence-electron chi connectivity index (χ2n) is 4.73. The third-order valence-electron chi connectivity index (χ3n) is 2.84. The van der Waals surface area contributed by atoms with Gasteiger partial charge in [0.2, 0.25) is 0 Å². The summed E-state index contributed by atoms with van der Waals surface area (Å²) in [5, 5.41) is 2.20. The molecule has 0 N–H and O–H groups in total. The number of nitrogens with zero attached hydrogens (tertiary/aromatic N) is 1. The van der Waals surface area contributed by atoms with Crippen molar-refractivity contribution in [2.24, 2.45) is 5.92 Å². The topological polar surface area (TPSA) is 39.2 Å². The Morgan fingerprint density at radius 3 is 2.50 bits per heavy atom. The first-order chi connectivity index (χ1) is 8.58. The van der Waals surface area contributed by atoms with Crippen molar-refractivity contribution in [1.29, 1.82) is 0 Å². The number of hydrogen-bond donors (Lipinski definition) is 0. The lowest BCUT2D eigenvalue weighted by Gasteiger charge is -2.20. The van der Waals surface area contributed by atoms with Gasteiger partial charge in [0.15, 0.2) is 0 Å². The molecule has 0 spiro atoms. The van der Waals surface area contributed by atoms with Crippen molar-refractivity contribution < 1.29 is 9.53 Å². The SMILES string of the molecule is CC(=O)O[C@H](c1cc2ccccc2cn1)C(C)C. The summed E-state index contributed by atoms with van der Waals surface area (Å²) in [6.45, 7) is 5.46. The quantitative estimate of drug-likeness (QED) is 0.774. The van der Waals surface area contributed by atoms with Gasteiger partial charge >= 0.3 is 5.97 Å². The van der Waals surface area contributed by atoms with E-state index in [0.717, 1.165) is 16.5 Å². The van der Waals surface area contributed by atoms with Crippen LogP contribution in [-0.4, -0.2) is 11.0 Å². The molecule has 0 saturated heterocycles. The van der Waals surface area contributed by atoms with Crippen LogP contribution in [0.15, 0.2) is 36.5 Å². The van der Waals surface area contributed by atoms with Crippen molar-refractivity contribution in [2.45, 2.75) is 26.9 Å². The van der Waals surface area contributed by atoms with E-state index in [1.807, 2.05) is 50.4 Å². The number of carbonyl (C=O) groups is 1. The van der Waals surface area contributed by atoms with Gasteiger partial charge in [0.25, 0.3) is 0 Å². The van der Waals surface area contributed by atoms with Crippen molar-refractivity contribution in [3.63, 3.8) is 0 Å². The van der Waals surface area contributed by atoms with E-state index in [4.69, 9.17) is 4.74 Å². The molecule has 3 nitrogen and oxygen atoms in total. The first-order valence-corrected chi connectivity index (χ1v) is 6.10. The van der Waals surface area contributed by atoms with Crippen LogP contribution in [-0.2, 0) is 9.53 Å². The molecule has 0 unspecified atom stereocenters. The first-order valence-electron chi connectivity index (χ1n) is 6.10. The van der Waals surface area contributed by atoms with Crippen LogP contribution >= 0.6 is 0 Å². The number of fused-ring (bicyclic) bond motifs is 1. The van der Waals surface area contributed by atoms with E-state index < -0.39 is 0 Å². The first kappa shape index (κ1) is 12.6. The molecule has 0 aliphatic heterocycles. The van der Waals surface area contributed by atoms with E-state index in [9.17, 15) is 4.79 Å². The number of esters is 1. The minimum absolute atomic E-state index is 0.197. The van der Waals surface area contributed by atoms with Gasteiger partial charge in [0.05, 0.1) is 5.69 Å². The van der Waals surface area contributed by atoms with Gasteiger partial charge in [0, 0.05) is 18.5 Å². The molecule has 18 heavy (non-hydrogen) atoms. The highest BCUT2D eigenvalue weighted by molar-refractivity contribution is 5.81. The van der Waals surface area contributed by atoms with Crippen LogP contribution in [0.4, 0.5) is 0 Å². The van der Waals surface area contributed by atoms with E-state index in [1.165, 1.54) is 6.92 Å². The van der Waals surface area contributed by atoms with Crippen molar-refractivity contribution in [3.8, 4) is 0 Å². The number of aromatic nitrogens is 1. The van der Waals surface area contributed by atoms with E-state index in [0.29, 0.717) is 0 Å². The zero-order valence-electron chi connectivity index (χ0n) is 10.9. The molecule has 0 saturated carbocycles. The second-order valence-corrected chi connectivity index (χ2v) is 4.73. The Kier molecular flexibility index (Phi) is 3.60. The maximum Gasteiger partial charge on any atom is 0.303 e. The number of rotatable bonds is 3. The lowest BCUT2D eigenvalue weighted by atomic mass is 10.0. The second kappa shape index (κ2) is 5.17. The van der Waals surface area contributed by atoms with Crippen LogP contribution in [0.2, 0.25) is 0 Å². The molecule has 94 valence electrons. The van der Waals surface area contributed by atoms with E-state index in [1.54, 1.807) is 0 Å². The molecule has 2 rings (SSSR count). The highest BCUT2D eigenvalue weighted by Gasteiger charge is 2.20. The standard InChI is InChI=1S/C15H17NO2/c1-10(2)15(18-11(3)17)14-8-12-6-4-5-7-13(12)9-16-14/h4-10,15H,1-3H3/t15-/m0/s1. The van der Waals surface area contributed by atoms with Gasteiger partial charge in [-0.3, -0.25) is 9.78 Å². The predicted octanol–water partition coefficient (Wildman–Crippen LogP) is 3.50. The van der Waals surface area contributed by atoms with E-state index in [-0.39, 0.29) is 18.0 Å². The molecule has 0 fully saturated rings. The van der Waals surface area contributed by atoms with Crippen LogP contribution in [0.3, 0.4) is 0 Å². The molecule has 0 amide bonds. The summed E-state index contributed by atoms with van der Waals surface area (Å²) < 4.78 is 5.35. The van der Waals surface area contributed by atoms with Crippen LogP contribution in [0, 0.1) is 5.92 Å². The summed E-state index contributed by atoms with van der Waals surface area (Å²) in [4.78, 5) is 15.5. The Labute approximate surface area is 107 Å². The fourth-order valence-corrected chi connectivity index (χ4v) is 1.97. The van der Waals surface area contributed by atoms with E-state index in [2.05, 4.69) is 4.98 Å². The fourth-order valence-electron chi connectivity index (χ4n) is 1.97. The van der Waals surface area contributed by atoms with Crippen LogP contribution in [0.1, 0.15) is 32.6 Å². The van der Waals surface area contributed by atoms with Gasteiger partial charge < -0.3 is 4.74 Å². The van der Waals surface area contributed by atoms with Crippen molar-refractivity contribution in [3.05, 3.63) is 42.2 Å². The molecule has 0 radical (unpaired) electrons. The summed E-state index contributed by atoms with van der Waals surface area (Å²) in [5.41, 5.74) is 0.805. The third-order valence-corrected chi connectivity index (χ3v) is 2.84. The van der Waals surface area contributed by atoms with Crippen LogP contribution < -0.4 is 0 Å². The number of carbonyl (C=O) groups excluding carboxylic acids is 1. The smallest absolute Gasteiger partial charge is 0.303 e. The number of pyridine rings is 1. The normalized spacial score (nSPS) is 12.7. The Balaban J connectivity index is 2.41. The average molecular weight is 243 g/mol. The highest BCUT2D eigenvalue weighted by Crippen LogP contribution is 2.26. The monoisotopic (exact) mass is 243 g/mol. The van der Waals surface area contributed by atoms with Gasteiger partial charge in [-0.15, -0.1) is 0 Å². The number of ether oxygens (including phenoxy) is 1. The zero-order valence-corrected chi connectivity index (χ0v) is 10.9. The van der Waals surface area contributed by atoms with Crippen molar-refractivity contribution in [1.82, 2.24) is 4.98 Å². The Morgan fingerprint density at radius 1 is 1.22 bits per heavy atom. The average Bonchev–Trinajstić information content (AvgIpc) is 2.35. The van der Waals surface area contributed by atoms with E-state index >= 15 is 0 Å². The minimum Gasteiger partial charge on any atom is -0.456 e. The molecular formula is C15H17NO2. The lowest BCUT2D eigenvalue weighted by Crippen LogP contribution is -2.15. The van der Waals surface area contributed by atoms with Gasteiger partial charge in [0.1, 0.15) is 6.10 Å². The fraction of sp³-hybridized carbons (Fsp3) is 0.333. The largest absolute Gasteiger partial charge is 0.456 e. The number of benzene rings is 1. The molecule has 2 aromatic rings. The molecule has 0 bridgehead atoms. The molecule has 1 heterocycles.